The second-order valence-electron chi connectivity index (χ2n) is 19.5. The Bertz CT molecular complexity index is 2480. The quantitative estimate of drug-likeness (QED) is 0.144. The molecule has 1 spiro atoms. The summed E-state index contributed by atoms with van der Waals surface area (Å²) >= 11 is 0. The number of anilines is 1. The van der Waals surface area contributed by atoms with Crippen LogP contribution >= 0.6 is 0 Å². The van der Waals surface area contributed by atoms with Gasteiger partial charge in [0.1, 0.15) is 49.0 Å². The standard InChI is InChI=1S/C47H56F2N6O4Si/c1-26(2)60(27(3)4,28(5)6)23-16-32-34(48)14-12-30-10-8-11-33(36(30)32)39-38(49)40-37-42(52-44(51-40)58-25-47-17-9-21-53(47)22-20-46(47)18-19-46)54-24-31-13-15-35(55(31)45(56)57)41(54)29(7)59-43(37)50-39/h8,10-12,14,26-29,31,35,41H,9,13,15,17-22,24-25H2,1-7H3,(H,56,57). The molecule has 60 heavy (non-hydrogen) atoms. The van der Waals surface area contributed by atoms with Crippen LogP contribution in [0.2, 0.25) is 16.6 Å². The largest absolute Gasteiger partial charge is 0.472 e. The van der Waals surface area contributed by atoms with E-state index in [1.165, 1.54) is 18.9 Å². The highest BCUT2D eigenvalue weighted by Gasteiger charge is 2.67. The lowest BCUT2D eigenvalue weighted by Crippen LogP contribution is -2.64. The molecule has 10 nitrogen and oxygen atoms in total. The normalized spacial score (nSPS) is 26.5. The van der Waals surface area contributed by atoms with E-state index in [1.54, 1.807) is 17.0 Å². The van der Waals surface area contributed by atoms with E-state index in [0.717, 1.165) is 32.4 Å². The number of fused-ring (bicyclic) bond motifs is 8. The summed E-state index contributed by atoms with van der Waals surface area (Å²) in [7, 11) is -2.28. The number of hydrogen-bond acceptors (Lipinski definition) is 8. The van der Waals surface area contributed by atoms with Crippen molar-refractivity contribution in [1.29, 1.82) is 0 Å². The maximum Gasteiger partial charge on any atom is 0.407 e. The van der Waals surface area contributed by atoms with Crippen molar-refractivity contribution in [3.8, 4) is 34.6 Å². The molecular weight excluding hydrogens is 779 g/mol. The van der Waals surface area contributed by atoms with E-state index in [4.69, 9.17) is 24.4 Å². The van der Waals surface area contributed by atoms with E-state index in [9.17, 15) is 9.90 Å². The Kier molecular flexibility index (Phi) is 9.23. The van der Waals surface area contributed by atoms with Gasteiger partial charge in [-0.2, -0.15) is 9.97 Å². The monoisotopic (exact) mass is 834 g/mol. The fraction of sp³-hybridized carbons (Fsp3) is 0.574. The minimum absolute atomic E-state index is 0.0103. The van der Waals surface area contributed by atoms with Gasteiger partial charge in [0.25, 0.3) is 0 Å². The number of carboxylic acid groups (broad SMARTS) is 1. The van der Waals surface area contributed by atoms with Crippen molar-refractivity contribution in [3.05, 3.63) is 47.5 Å². The third-order valence-corrected chi connectivity index (χ3v) is 22.3. The van der Waals surface area contributed by atoms with Gasteiger partial charge >= 0.3 is 12.1 Å². The van der Waals surface area contributed by atoms with Gasteiger partial charge in [-0.3, -0.25) is 9.80 Å². The van der Waals surface area contributed by atoms with Crippen LogP contribution < -0.4 is 14.4 Å². The molecule has 1 aliphatic carbocycles. The molecule has 7 heterocycles. The minimum atomic E-state index is -2.28. The summed E-state index contributed by atoms with van der Waals surface area (Å²) in [6.45, 7) is 18.1. The van der Waals surface area contributed by atoms with E-state index in [2.05, 4.69) is 62.8 Å². The molecular formula is C47H56F2N6O4Si. The third-order valence-electron chi connectivity index (χ3n) is 16.0. The first kappa shape index (κ1) is 39.6. The van der Waals surface area contributed by atoms with Gasteiger partial charge in [0.2, 0.25) is 5.88 Å². The SMILES string of the molecule is CC1Oc2nc(-c3cccc4ccc(F)c(C#C[Si](C(C)C)(C(C)C)C(C)C)c34)c(F)c3nc(OCC45CCCN4CCC54CC4)nc(c23)N2CC3CCC(C12)N3C(=O)O. The summed E-state index contributed by atoms with van der Waals surface area (Å²) in [6, 6.07) is 7.69. The zero-order valence-electron chi connectivity index (χ0n) is 35.8. The molecule has 10 rings (SSSR count). The Labute approximate surface area is 352 Å². The predicted octanol–water partition coefficient (Wildman–Crippen LogP) is 9.57. The van der Waals surface area contributed by atoms with Crippen molar-refractivity contribution in [2.45, 2.75) is 140 Å². The second-order valence-corrected chi connectivity index (χ2v) is 25.1. The van der Waals surface area contributed by atoms with Crippen LogP contribution in [0.5, 0.6) is 11.9 Å². The van der Waals surface area contributed by atoms with Gasteiger partial charge in [-0.25, -0.2) is 18.6 Å². The van der Waals surface area contributed by atoms with Gasteiger partial charge in [0.15, 0.2) is 5.82 Å². The first-order valence-electron chi connectivity index (χ1n) is 22.2. The molecule has 5 aliphatic heterocycles. The van der Waals surface area contributed by atoms with Crippen LogP contribution in [-0.4, -0.2) is 100 Å². The number of halogens is 2. The topological polar surface area (TPSA) is 104 Å². The lowest BCUT2D eigenvalue weighted by atomic mass is 9.81. The molecule has 13 heteroatoms. The molecule has 316 valence electrons. The number of hydrogen-bond donors (Lipinski definition) is 1. The molecule has 5 fully saturated rings. The molecule has 1 N–H and O–H groups in total. The number of nitrogens with zero attached hydrogens (tertiary/aromatic N) is 6. The Hall–Kier alpha value is -4.54. The first-order chi connectivity index (χ1) is 28.7. The lowest BCUT2D eigenvalue weighted by molar-refractivity contribution is 0.0640. The molecule has 5 atom stereocenters. The zero-order chi connectivity index (χ0) is 42.0. The van der Waals surface area contributed by atoms with Gasteiger partial charge in [-0.05, 0) is 98.5 Å². The number of carbonyl (C=O) groups is 1. The van der Waals surface area contributed by atoms with E-state index >= 15 is 8.78 Å². The van der Waals surface area contributed by atoms with Crippen LogP contribution in [0.1, 0.15) is 99.0 Å². The fourth-order valence-corrected chi connectivity index (χ4v) is 18.3. The lowest BCUT2D eigenvalue weighted by Gasteiger charge is -2.47. The smallest absolute Gasteiger partial charge is 0.407 e. The molecule has 1 amide bonds. The van der Waals surface area contributed by atoms with Gasteiger partial charge < -0.3 is 19.5 Å². The molecule has 4 saturated heterocycles. The van der Waals surface area contributed by atoms with E-state index in [0.29, 0.717) is 70.2 Å². The Morgan fingerprint density at radius 2 is 1.75 bits per heavy atom. The zero-order valence-corrected chi connectivity index (χ0v) is 36.8. The molecule has 2 bridgehead atoms. The summed E-state index contributed by atoms with van der Waals surface area (Å²) in [6.07, 6.45) is 5.58. The Balaban J connectivity index is 1.17. The van der Waals surface area contributed by atoms with Gasteiger partial charge in [-0.1, -0.05) is 71.7 Å². The van der Waals surface area contributed by atoms with Crippen molar-refractivity contribution in [1.82, 2.24) is 24.8 Å². The van der Waals surface area contributed by atoms with Crippen LogP contribution in [-0.2, 0) is 0 Å². The van der Waals surface area contributed by atoms with Crippen LogP contribution in [0.4, 0.5) is 19.4 Å². The fourth-order valence-electron chi connectivity index (χ4n) is 13.0. The van der Waals surface area contributed by atoms with E-state index < -0.39 is 37.9 Å². The molecule has 2 aromatic carbocycles. The van der Waals surface area contributed by atoms with Gasteiger partial charge in [0.05, 0.1) is 29.2 Å². The molecule has 1 saturated carbocycles. The Morgan fingerprint density at radius 1 is 0.983 bits per heavy atom. The second kappa shape index (κ2) is 14.0. The summed E-state index contributed by atoms with van der Waals surface area (Å²) in [5.74, 6) is 2.81. The van der Waals surface area contributed by atoms with E-state index in [-0.39, 0.29) is 51.7 Å². The van der Waals surface area contributed by atoms with Gasteiger partial charge in [0, 0.05) is 17.5 Å². The highest BCUT2D eigenvalue weighted by molar-refractivity contribution is 6.90. The number of amides is 1. The molecule has 0 radical (unpaired) electrons. The molecule has 2 aromatic heterocycles. The number of rotatable bonds is 7. The van der Waals surface area contributed by atoms with E-state index in [1.807, 2.05) is 19.1 Å². The maximum atomic E-state index is 17.9. The number of ether oxygens (including phenoxy) is 2. The van der Waals surface area contributed by atoms with Crippen molar-refractivity contribution in [3.63, 3.8) is 0 Å². The van der Waals surface area contributed by atoms with Crippen LogP contribution in [0.25, 0.3) is 32.9 Å². The first-order valence-corrected chi connectivity index (χ1v) is 24.4. The maximum absolute atomic E-state index is 17.9. The highest BCUT2D eigenvalue weighted by Crippen LogP contribution is 2.65. The summed E-state index contributed by atoms with van der Waals surface area (Å²) in [5.41, 5.74) is 5.45. The third kappa shape index (κ3) is 5.57. The minimum Gasteiger partial charge on any atom is -0.472 e. The van der Waals surface area contributed by atoms with Crippen LogP contribution in [0, 0.1) is 28.5 Å². The van der Waals surface area contributed by atoms with Crippen molar-refractivity contribution < 1.29 is 28.2 Å². The number of piperazine rings is 1. The summed E-state index contributed by atoms with van der Waals surface area (Å²) < 4.78 is 47.6. The number of pyridine rings is 1. The van der Waals surface area contributed by atoms with Gasteiger partial charge in [-0.15, -0.1) is 5.54 Å². The van der Waals surface area contributed by atoms with Crippen molar-refractivity contribution >= 4 is 41.7 Å². The average Bonchev–Trinajstić information content (AvgIpc) is 3.71. The summed E-state index contributed by atoms with van der Waals surface area (Å²) in [4.78, 5) is 33.8. The number of benzene rings is 2. The van der Waals surface area contributed by atoms with Crippen LogP contribution in [0.3, 0.4) is 0 Å². The molecule has 5 unspecified atom stereocenters. The number of aromatic nitrogens is 3. The highest BCUT2D eigenvalue weighted by atomic mass is 28.3. The summed E-state index contributed by atoms with van der Waals surface area (Å²) in [5, 5.41) is 11.9. The molecule has 4 aromatic rings. The van der Waals surface area contributed by atoms with Crippen molar-refractivity contribution in [2.24, 2.45) is 5.41 Å². The van der Waals surface area contributed by atoms with Crippen molar-refractivity contribution in [2.75, 3.05) is 31.1 Å². The van der Waals surface area contributed by atoms with Crippen LogP contribution in [0.15, 0.2) is 30.3 Å². The Morgan fingerprint density at radius 3 is 2.47 bits per heavy atom. The average molecular weight is 835 g/mol. The molecule has 6 aliphatic rings. The predicted molar refractivity (Wildman–Crippen MR) is 231 cm³/mol.